The van der Waals surface area contributed by atoms with Crippen LogP contribution in [0.25, 0.3) is 0 Å². The molecule has 7 heteroatoms. The van der Waals surface area contributed by atoms with Crippen molar-refractivity contribution < 1.29 is 0 Å². The number of aromatic nitrogens is 3. The molecule has 4 nitrogen and oxygen atoms in total. The number of hydrogen-bond donors (Lipinski definition) is 1. The van der Waals surface area contributed by atoms with E-state index in [1.54, 1.807) is 28.7 Å². The van der Waals surface area contributed by atoms with Crippen LogP contribution < -0.4 is 5.32 Å². The van der Waals surface area contributed by atoms with E-state index >= 15 is 0 Å². The normalized spacial score (nSPS) is 10.8. The van der Waals surface area contributed by atoms with Gasteiger partial charge in [-0.25, -0.2) is 9.67 Å². The molecule has 108 valence electrons. The molecule has 2 aromatic heterocycles. The van der Waals surface area contributed by atoms with Crippen molar-refractivity contribution in [3.05, 3.63) is 62.2 Å². The van der Waals surface area contributed by atoms with Gasteiger partial charge in [-0.05, 0) is 39.7 Å². The van der Waals surface area contributed by atoms with E-state index in [1.807, 2.05) is 12.1 Å². The highest BCUT2D eigenvalue weighted by Crippen LogP contribution is 2.32. The van der Waals surface area contributed by atoms with E-state index in [2.05, 4.69) is 49.5 Å². The van der Waals surface area contributed by atoms with Gasteiger partial charge in [-0.15, -0.1) is 11.3 Å². The lowest BCUT2D eigenvalue weighted by Crippen LogP contribution is -2.02. The summed E-state index contributed by atoms with van der Waals surface area (Å²) in [5, 5.41) is 7.52. The van der Waals surface area contributed by atoms with E-state index in [0.717, 1.165) is 21.0 Å². The van der Waals surface area contributed by atoms with Crippen LogP contribution in [0.4, 0.5) is 5.69 Å². The zero-order valence-electron chi connectivity index (χ0n) is 11.0. The number of nitrogens with zero attached hydrogens (tertiary/aromatic N) is 3. The minimum Gasteiger partial charge on any atom is -0.380 e. The van der Waals surface area contributed by atoms with Crippen LogP contribution in [0.3, 0.4) is 0 Å². The third-order valence-electron chi connectivity index (χ3n) is 2.90. The molecule has 2 heterocycles. The van der Waals surface area contributed by atoms with Crippen LogP contribution >= 0.6 is 38.9 Å². The molecule has 0 bridgehead atoms. The fourth-order valence-corrected chi connectivity index (χ4v) is 3.68. The van der Waals surface area contributed by atoms with Crippen molar-refractivity contribution in [1.82, 2.24) is 14.8 Å². The standard InChI is InChI=1S/C14H12BrClN4S/c15-13-5-12(21-14(13)16)6-18-11-3-1-2-10(4-11)7-20-9-17-8-19-20/h1-5,8-9,18H,6-7H2. The number of thiophene rings is 1. The molecule has 21 heavy (non-hydrogen) atoms. The highest BCUT2D eigenvalue weighted by Gasteiger charge is 2.04. The van der Waals surface area contributed by atoms with Crippen molar-refractivity contribution >= 4 is 44.6 Å². The second-order valence-corrected chi connectivity index (χ2v) is 7.07. The average Bonchev–Trinajstić information content (AvgIpc) is 3.08. The summed E-state index contributed by atoms with van der Waals surface area (Å²) in [5.74, 6) is 0. The monoisotopic (exact) mass is 382 g/mol. The summed E-state index contributed by atoms with van der Waals surface area (Å²) < 4.78 is 3.53. The number of hydrogen-bond acceptors (Lipinski definition) is 4. The highest BCUT2D eigenvalue weighted by molar-refractivity contribution is 9.10. The molecule has 1 aromatic carbocycles. The van der Waals surface area contributed by atoms with Gasteiger partial charge in [-0.2, -0.15) is 5.10 Å². The second kappa shape index (κ2) is 6.60. The van der Waals surface area contributed by atoms with Crippen molar-refractivity contribution in [3.8, 4) is 0 Å². The summed E-state index contributed by atoms with van der Waals surface area (Å²) >= 11 is 11.0. The summed E-state index contributed by atoms with van der Waals surface area (Å²) in [6.45, 7) is 1.47. The first-order valence-electron chi connectivity index (χ1n) is 6.29. The number of benzene rings is 1. The third kappa shape index (κ3) is 3.84. The van der Waals surface area contributed by atoms with Crippen molar-refractivity contribution in [3.63, 3.8) is 0 Å². The molecule has 0 spiro atoms. The van der Waals surface area contributed by atoms with Crippen molar-refractivity contribution in [2.75, 3.05) is 5.32 Å². The van der Waals surface area contributed by atoms with Gasteiger partial charge in [0.05, 0.1) is 6.54 Å². The van der Waals surface area contributed by atoms with Crippen molar-refractivity contribution in [2.45, 2.75) is 13.1 Å². The lowest BCUT2D eigenvalue weighted by Gasteiger charge is -2.07. The van der Waals surface area contributed by atoms with Crippen LogP contribution in [0.2, 0.25) is 4.34 Å². The zero-order valence-corrected chi connectivity index (χ0v) is 14.1. The van der Waals surface area contributed by atoms with Gasteiger partial charge in [-0.1, -0.05) is 23.7 Å². The Kier molecular flexibility index (Phi) is 4.57. The molecular formula is C14H12BrClN4S. The molecule has 0 atom stereocenters. The van der Waals surface area contributed by atoms with Crippen LogP contribution in [0, 0.1) is 0 Å². The molecule has 1 N–H and O–H groups in total. The molecule has 0 aliphatic rings. The molecule has 3 aromatic rings. The van der Waals surface area contributed by atoms with Crippen LogP contribution in [0.1, 0.15) is 10.4 Å². The first-order chi connectivity index (χ1) is 10.2. The molecule has 0 aliphatic heterocycles. The maximum atomic E-state index is 6.04. The molecule has 0 fully saturated rings. The van der Waals surface area contributed by atoms with Gasteiger partial charge in [-0.3, -0.25) is 0 Å². The predicted octanol–water partition coefficient (Wildman–Crippen LogP) is 4.42. The van der Waals surface area contributed by atoms with E-state index in [1.165, 1.54) is 10.4 Å². The number of rotatable bonds is 5. The molecular weight excluding hydrogens is 372 g/mol. The fourth-order valence-electron chi connectivity index (χ4n) is 1.95. The van der Waals surface area contributed by atoms with E-state index in [9.17, 15) is 0 Å². The summed E-state index contributed by atoms with van der Waals surface area (Å²) in [4.78, 5) is 5.14. The maximum absolute atomic E-state index is 6.04. The number of nitrogens with one attached hydrogen (secondary N) is 1. The Morgan fingerprint density at radius 2 is 2.24 bits per heavy atom. The topological polar surface area (TPSA) is 42.7 Å². The van der Waals surface area contributed by atoms with Gasteiger partial charge < -0.3 is 5.32 Å². The molecule has 0 amide bonds. The minimum atomic E-state index is 0.714. The SMILES string of the molecule is Clc1sc(CNc2cccc(Cn3cncn3)c2)cc1Br. The van der Waals surface area contributed by atoms with E-state index in [-0.39, 0.29) is 0 Å². The lowest BCUT2D eigenvalue weighted by atomic mass is 10.2. The summed E-state index contributed by atoms with van der Waals surface area (Å²) in [5.41, 5.74) is 2.25. The Labute approximate surface area is 139 Å². The smallest absolute Gasteiger partial charge is 0.137 e. The van der Waals surface area contributed by atoms with E-state index in [4.69, 9.17) is 11.6 Å². The van der Waals surface area contributed by atoms with Gasteiger partial charge in [0.25, 0.3) is 0 Å². The third-order valence-corrected chi connectivity index (χ3v) is 5.38. The molecule has 0 radical (unpaired) electrons. The van der Waals surface area contributed by atoms with Crippen LogP contribution in [-0.4, -0.2) is 14.8 Å². The van der Waals surface area contributed by atoms with E-state index in [0.29, 0.717) is 6.54 Å². The minimum absolute atomic E-state index is 0.714. The first-order valence-corrected chi connectivity index (χ1v) is 8.28. The fraction of sp³-hybridized carbons (Fsp3) is 0.143. The summed E-state index contributed by atoms with van der Waals surface area (Å²) in [6, 6.07) is 10.3. The summed E-state index contributed by atoms with van der Waals surface area (Å²) in [7, 11) is 0. The maximum Gasteiger partial charge on any atom is 0.137 e. The van der Waals surface area contributed by atoms with Gasteiger partial charge in [0.15, 0.2) is 0 Å². The Bertz CT molecular complexity index is 707. The Balaban J connectivity index is 1.65. The number of anilines is 1. The van der Waals surface area contributed by atoms with E-state index < -0.39 is 0 Å². The highest BCUT2D eigenvalue weighted by atomic mass is 79.9. The van der Waals surface area contributed by atoms with Crippen molar-refractivity contribution in [1.29, 1.82) is 0 Å². The van der Waals surface area contributed by atoms with Crippen LogP contribution in [-0.2, 0) is 13.1 Å². The quantitative estimate of drug-likeness (QED) is 0.709. The van der Waals surface area contributed by atoms with Gasteiger partial charge in [0, 0.05) is 21.6 Å². The van der Waals surface area contributed by atoms with Crippen LogP contribution in [0.5, 0.6) is 0 Å². The van der Waals surface area contributed by atoms with Gasteiger partial charge in [0.1, 0.15) is 17.0 Å². The van der Waals surface area contributed by atoms with Gasteiger partial charge >= 0.3 is 0 Å². The van der Waals surface area contributed by atoms with Crippen LogP contribution in [0.15, 0.2) is 47.5 Å². The molecule has 3 rings (SSSR count). The Morgan fingerprint density at radius 1 is 1.33 bits per heavy atom. The lowest BCUT2D eigenvalue weighted by molar-refractivity contribution is 0.685. The average molecular weight is 384 g/mol. The molecule has 0 aliphatic carbocycles. The van der Waals surface area contributed by atoms with Crippen molar-refractivity contribution in [2.24, 2.45) is 0 Å². The first kappa shape index (κ1) is 14.6. The zero-order chi connectivity index (χ0) is 14.7. The summed E-state index contributed by atoms with van der Waals surface area (Å²) in [6.07, 6.45) is 3.26. The largest absolute Gasteiger partial charge is 0.380 e. The Morgan fingerprint density at radius 3 is 2.95 bits per heavy atom. The van der Waals surface area contributed by atoms with Gasteiger partial charge in [0.2, 0.25) is 0 Å². The molecule has 0 saturated heterocycles. The second-order valence-electron chi connectivity index (χ2n) is 4.48. The number of halogens is 2. The molecule has 0 unspecified atom stereocenters. The predicted molar refractivity (Wildman–Crippen MR) is 89.9 cm³/mol. The molecule has 0 saturated carbocycles. The Hall–Kier alpha value is -1.37.